The molecule has 0 aromatic heterocycles. The van der Waals surface area contributed by atoms with Crippen LogP contribution in [0.4, 0.5) is 17.1 Å². The Balaban J connectivity index is 3.14. The summed E-state index contributed by atoms with van der Waals surface area (Å²) in [4.78, 5) is 23.5. The van der Waals surface area contributed by atoms with Gasteiger partial charge in [0, 0.05) is 26.8 Å². The molecule has 0 saturated heterocycles. The van der Waals surface area contributed by atoms with E-state index in [-0.39, 0.29) is 18.1 Å². The Labute approximate surface area is 119 Å². The second-order valence-electron chi connectivity index (χ2n) is 3.86. The number of carbonyl (C=O) groups is 1. The van der Waals surface area contributed by atoms with E-state index in [2.05, 4.69) is 26.6 Å². The van der Waals surface area contributed by atoms with Crippen LogP contribution in [0, 0.1) is 10.1 Å². The molecule has 7 nitrogen and oxygen atoms in total. The first-order valence-corrected chi connectivity index (χ1v) is 6.27. The number of hydrogen-bond donors (Lipinski definition) is 2. The molecule has 0 heterocycles. The third kappa shape index (κ3) is 3.57. The number of amides is 1. The molecule has 104 valence electrons. The maximum atomic E-state index is 11.3. The number of nitrogens with zero attached hydrogens (tertiary/aromatic N) is 2. The Morgan fingerprint density at radius 2 is 2.11 bits per heavy atom. The first-order chi connectivity index (χ1) is 8.90. The zero-order chi connectivity index (χ0) is 14.6. The number of rotatable bonds is 5. The predicted molar refractivity (Wildman–Crippen MR) is 77.7 cm³/mol. The molecule has 0 spiro atoms. The maximum absolute atomic E-state index is 11.3. The smallest absolute Gasteiger partial charge is 0.306 e. The number of hydrogen-bond acceptors (Lipinski definition) is 5. The standard InChI is InChI=1S/C11H15BrN4O3/c1-13-9-5-7(15(3)6-10(17)14-2)4-8(12)11(9)16(18)19/h4-5,13H,6H2,1-3H3,(H,14,17). The van der Waals surface area contributed by atoms with E-state index in [0.29, 0.717) is 15.8 Å². The number of likely N-dealkylation sites (N-methyl/N-ethyl adjacent to an activating group) is 2. The average molecular weight is 331 g/mol. The Kier molecular flexibility index (Phi) is 5.11. The molecular weight excluding hydrogens is 316 g/mol. The van der Waals surface area contributed by atoms with E-state index in [0.717, 1.165) is 0 Å². The van der Waals surface area contributed by atoms with Gasteiger partial charge in [0.25, 0.3) is 0 Å². The highest BCUT2D eigenvalue weighted by Gasteiger charge is 2.20. The molecule has 1 aromatic rings. The lowest BCUT2D eigenvalue weighted by Crippen LogP contribution is -2.32. The highest BCUT2D eigenvalue weighted by molar-refractivity contribution is 9.10. The summed E-state index contributed by atoms with van der Waals surface area (Å²) < 4.78 is 0.364. The zero-order valence-corrected chi connectivity index (χ0v) is 12.4. The second kappa shape index (κ2) is 6.37. The molecule has 1 aromatic carbocycles. The van der Waals surface area contributed by atoms with Crippen LogP contribution in [0.3, 0.4) is 0 Å². The number of nitro benzene ring substituents is 1. The molecule has 0 saturated carbocycles. The van der Waals surface area contributed by atoms with Crippen molar-refractivity contribution in [3.05, 3.63) is 26.7 Å². The minimum Gasteiger partial charge on any atom is -0.382 e. The van der Waals surface area contributed by atoms with Crippen LogP contribution in [-0.4, -0.2) is 38.5 Å². The van der Waals surface area contributed by atoms with Crippen LogP contribution in [0.15, 0.2) is 16.6 Å². The summed E-state index contributed by atoms with van der Waals surface area (Å²) in [6.07, 6.45) is 0. The van der Waals surface area contributed by atoms with Crippen LogP contribution in [-0.2, 0) is 4.79 Å². The molecule has 2 N–H and O–H groups in total. The third-order valence-electron chi connectivity index (χ3n) is 2.60. The summed E-state index contributed by atoms with van der Waals surface area (Å²) in [5.74, 6) is -0.136. The molecule has 0 unspecified atom stereocenters. The average Bonchev–Trinajstić information content (AvgIpc) is 2.36. The predicted octanol–water partition coefficient (Wildman–Crippen LogP) is 1.58. The van der Waals surface area contributed by atoms with Crippen LogP contribution in [0.5, 0.6) is 0 Å². The molecule has 19 heavy (non-hydrogen) atoms. The zero-order valence-electron chi connectivity index (χ0n) is 10.9. The van der Waals surface area contributed by atoms with Crippen molar-refractivity contribution in [2.45, 2.75) is 0 Å². The van der Waals surface area contributed by atoms with Gasteiger partial charge in [0.15, 0.2) is 0 Å². The number of nitro groups is 1. The van der Waals surface area contributed by atoms with Gasteiger partial charge in [-0.1, -0.05) is 0 Å². The van der Waals surface area contributed by atoms with Gasteiger partial charge in [-0.2, -0.15) is 0 Å². The van der Waals surface area contributed by atoms with E-state index in [4.69, 9.17) is 0 Å². The molecule has 0 aliphatic heterocycles. The van der Waals surface area contributed by atoms with Crippen molar-refractivity contribution in [1.29, 1.82) is 0 Å². The van der Waals surface area contributed by atoms with Gasteiger partial charge in [-0.05, 0) is 28.1 Å². The summed E-state index contributed by atoms with van der Waals surface area (Å²) in [6, 6.07) is 3.24. The van der Waals surface area contributed by atoms with Crippen LogP contribution >= 0.6 is 15.9 Å². The fourth-order valence-corrected chi connectivity index (χ4v) is 2.16. The van der Waals surface area contributed by atoms with Crippen molar-refractivity contribution in [3.63, 3.8) is 0 Å². The van der Waals surface area contributed by atoms with Crippen LogP contribution in [0.1, 0.15) is 0 Å². The lowest BCUT2D eigenvalue weighted by Gasteiger charge is -2.19. The molecule has 0 fully saturated rings. The van der Waals surface area contributed by atoms with Crippen molar-refractivity contribution in [2.24, 2.45) is 0 Å². The summed E-state index contributed by atoms with van der Waals surface area (Å²) in [7, 11) is 4.90. The van der Waals surface area contributed by atoms with E-state index < -0.39 is 4.92 Å². The topological polar surface area (TPSA) is 87.5 Å². The van der Waals surface area contributed by atoms with E-state index in [9.17, 15) is 14.9 Å². The minimum atomic E-state index is -0.460. The van der Waals surface area contributed by atoms with E-state index >= 15 is 0 Å². The maximum Gasteiger partial charge on any atom is 0.306 e. The van der Waals surface area contributed by atoms with Crippen molar-refractivity contribution in [3.8, 4) is 0 Å². The van der Waals surface area contributed by atoms with Gasteiger partial charge in [-0.15, -0.1) is 0 Å². The molecule has 1 rings (SSSR count). The van der Waals surface area contributed by atoms with Gasteiger partial charge in [-0.25, -0.2) is 0 Å². The molecule has 8 heteroatoms. The summed E-state index contributed by atoms with van der Waals surface area (Å²) in [6.45, 7) is 0.171. The third-order valence-corrected chi connectivity index (χ3v) is 3.20. The van der Waals surface area contributed by atoms with Crippen molar-refractivity contribution < 1.29 is 9.72 Å². The number of carbonyl (C=O) groups excluding carboxylic acids is 1. The van der Waals surface area contributed by atoms with Crippen LogP contribution < -0.4 is 15.5 Å². The van der Waals surface area contributed by atoms with Crippen LogP contribution in [0.2, 0.25) is 0 Å². The first-order valence-electron chi connectivity index (χ1n) is 5.48. The van der Waals surface area contributed by atoms with Crippen LogP contribution in [0.25, 0.3) is 0 Å². The molecule has 0 bridgehead atoms. The van der Waals surface area contributed by atoms with Gasteiger partial charge < -0.3 is 15.5 Å². The lowest BCUT2D eigenvalue weighted by molar-refractivity contribution is -0.384. The van der Waals surface area contributed by atoms with Crippen molar-refractivity contribution >= 4 is 38.9 Å². The molecule has 0 aliphatic carbocycles. The Bertz CT molecular complexity index is 507. The Morgan fingerprint density at radius 3 is 2.58 bits per heavy atom. The van der Waals surface area contributed by atoms with E-state index in [1.165, 1.54) is 0 Å². The molecular formula is C11H15BrN4O3. The second-order valence-corrected chi connectivity index (χ2v) is 4.71. The summed E-state index contributed by atoms with van der Waals surface area (Å²) in [5, 5.41) is 16.3. The number of anilines is 2. The van der Waals surface area contributed by atoms with Gasteiger partial charge in [-0.3, -0.25) is 14.9 Å². The van der Waals surface area contributed by atoms with Crippen molar-refractivity contribution in [1.82, 2.24) is 5.32 Å². The quantitative estimate of drug-likeness (QED) is 0.632. The van der Waals surface area contributed by atoms with E-state index in [1.807, 2.05) is 0 Å². The van der Waals surface area contributed by atoms with Gasteiger partial charge >= 0.3 is 5.69 Å². The summed E-state index contributed by atoms with van der Waals surface area (Å²) in [5.41, 5.74) is 1.06. The van der Waals surface area contributed by atoms with Crippen molar-refractivity contribution in [2.75, 3.05) is 37.9 Å². The Morgan fingerprint density at radius 1 is 1.47 bits per heavy atom. The fourth-order valence-electron chi connectivity index (χ4n) is 1.57. The number of halogens is 1. The number of benzene rings is 1. The first kappa shape index (κ1) is 15.2. The fraction of sp³-hybridized carbons (Fsp3) is 0.364. The largest absolute Gasteiger partial charge is 0.382 e. The SMILES string of the molecule is CNC(=O)CN(C)c1cc(Br)c([N+](=O)[O-])c(NC)c1. The molecule has 0 atom stereocenters. The van der Waals surface area contributed by atoms with E-state index in [1.54, 1.807) is 38.2 Å². The molecule has 1 amide bonds. The van der Waals surface area contributed by atoms with Gasteiger partial charge in [0.2, 0.25) is 5.91 Å². The highest BCUT2D eigenvalue weighted by Crippen LogP contribution is 2.36. The summed E-state index contributed by atoms with van der Waals surface area (Å²) >= 11 is 3.18. The highest BCUT2D eigenvalue weighted by atomic mass is 79.9. The monoisotopic (exact) mass is 330 g/mol. The normalized spacial score (nSPS) is 9.89. The lowest BCUT2D eigenvalue weighted by atomic mass is 10.2. The van der Waals surface area contributed by atoms with Gasteiger partial charge in [0.1, 0.15) is 5.69 Å². The number of nitrogens with one attached hydrogen (secondary N) is 2. The Hall–Kier alpha value is -1.83. The van der Waals surface area contributed by atoms with Gasteiger partial charge in [0.05, 0.1) is 15.9 Å². The molecule has 0 aliphatic rings. The molecule has 0 radical (unpaired) electrons. The minimum absolute atomic E-state index is 0.0282.